The van der Waals surface area contributed by atoms with Crippen LogP contribution in [0.3, 0.4) is 0 Å². The summed E-state index contributed by atoms with van der Waals surface area (Å²) in [6, 6.07) is 21.9. The van der Waals surface area contributed by atoms with Gasteiger partial charge in [-0.1, -0.05) is 93.7 Å². The Morgan fingerprint density at radius 1 is 0.718 bits per heavy atom. The Labute approximate surface area is 236 Å². The van der Waals surface area contributed by atoms with Gasteiger partial charge in [0.25, 0.3) is 4.83 Å². The van der Waals surface area contributed by atoms with Gasteiger partial charge in [0.05, 0.1) is 5.38 Å². The van der Waals surface area contributed by atoms with Crippen LogP contribution in [0.4, 0.5) is 11.4 Å². The maximum absolute atomic E-state index is 2.32. The molecule has 0 unspecified atom stereocenters. The van der Waals surface area contributed by atoms with Gasteiger partial charge in [-0.2, -0.15) is 4.40 Å². The standard InChI is InChI=1S/C35H36N3S/c1-34(2)27-15-7-9-17-29(27)36(5)31(34)19-11-13-25-23-26(38-21-22-39-33(38)24-25)14-12-20-32-35(3,4)28-16-8-10-18-30(28)37(32)6/h7-24H,1-6H3/q+1. The second-order valence-electron chi connectivity index (χ2n) is 11.5. The lowest BCUT2D eigenvalue weighted by Gasteiger charge is -2.23. The van der Waals surface area contributed by atoms with Crippen molar-refractivity contribution in [1.29, 1.82) is 0 Å². The number of likely N-dealkylation sites (N-methyl/N-ethyl adjacent to an activating group) is 2. The fourth-order valence-electron chi connectivity index (χ4n) is 6.35. The van der Waals surface area contributed by atoms with Crippen molar-refractivity contribution in [3.8, 4) is 0 Å². The van der Waals surface area contributed by atoms with Gasteiger partial charge < -0.3 is 9.80 Å². The summed E-state index contributed by atoms with van der Waals surface area (Å²) < 4.78 is 2.26. The average Bonchev–Trinajstić information content (AvgIpc) is 3.53. The Morgan fingerprint density at radius 2 is 1.26 bits per heavy atom. The van der Waals surface area contributed by atoms with Crippen molar-refractivity contribution < 1.29 is 4.40 Å². The third-order valence-corrected chi connectivity index (χ3v) is 9.28. The monoisotopic (exact) mass is 530 g/mol. The highest BCUT2D eigenvalue weighted by Gasteiger charge is 2.38. The van der Waals surface area contributed by atoms with E-state index in [0.29, 0.717) is 0 Å². The third kappa shape index (κ3) is 4.15. The molecule has 3 nitrogen and oxygen atoms in total. The van der Waals surface area contributed by atoms with Crippen LogP contribution in [-0.2, 0) is 10.8 Å². The van der Waals surface area contributed by atoms with E-state index >= 15 is 0 Å². The number of fused-ring (bicyclic) bond motifs is 3. The van der Waals surface area contributed by atoms with Gasteiger partial charge in [-0.25, -0.2) is 0 Å². The molecule has 2 aliphatic heterocycles. The molecule has 0 fully saturated rings. The number of allylic oxidation sites excluding steroid dienone is 6. The van der Waals surface area contributed by atoms with Crippen molar-refractivity contribution >= 4 is 39.7 Å². The average molecular weight is 531 g/mol. The highest BCUT2D eigenvalue weighted by atomic mass is 32.1. The van der Waals surface area contributed by atoms with Crippen LogP contribution in [0.25, 0.3) is 17.0 Å². The summed E-state index contributed by atoms with van der Waals surface area (Å²) in [5.74, 6) is 0. The number of para-hydroxylation sites is 2. The number of aromatic nitrogens is 1. The van der Waals surface area contributed by atoms with E-state index < -0.39 is 0 Å². The van der Waals surface area contributed by atoms with E-state index in [2.05, 4.69) is 165 Å². The molecule has 0 radical (unpaired) electrons. The first-order valence-electron chi connectivity index (χ1n) is 13.6. The van der Waals surface area contributed by atoms with Crippen LogP contribution in [0.15, 0.2) is 108 Å². The van der Waals surface area contributed by atoms with Crippen molar-refractivity contribution in [1.82, 2.24) is 0 Å². The summed E-state index contributed by atoms with van der Waals surface area (Å²) in [4.78, 5) is 5.87. The maximum atomic E-state index is 2.32. The molecule has 0 atom stereocenters. The number of rotatable bonds is 4. The Bertz CT molecular complexity index is 1700. The Kier molecular flexibility index (Phi) is 6.11. The van der Waals surface area contributed by atoms with Crippen LogP contribution >= 0.6 is 11.3 Å². The van der Waals surface area contributed by atoms with Crippen molar-refractivity contribution in [3.63, 3.8) is 0 Å². The second-order valence-corrected chi connectivity index (χ2v) is 12.5. The fraction of sp³-hybridized carbons (Fsp3) is 0.229. The van der Waals surface area contributed by atoms with Gasteiger partial charge in [0.1, 0.15) is 0 Å². The van der Waals surface area contributed by atoms with Crippen LogP contribution in [0.5, 0.6) is 0 Å². The summed E-state index contributed by atoms with van der Waals surface area (Å²) in [6.45, 7) is 9.23. The van der Waals surface area contributed by atoms with E-state index in [1.54, 1.807) is 11.3 Å². The molecule has 4 heterocycles. The predicted octanol–water partition coefficient (Wildman–Crippen LogP) is 8.14. The molecule has 6 rings (SSSR count). The molecule has 39 heavy (non-hydrogen) atoms. The minimum Gasteiger partial charge on any atom is -0.347 e. The second kappa shape index (κ2) is 9.39. The van der Waals surface area contributed by atoms with Crippen molar-refractivity contribution in [2.45, 2.75) is 38.5 Å². The third-order valence-electron chi connectivity index (χ3n) is 8.46. The molecule has 0 saturated carbocycles. The van der Waals surface area contributed by atoms with E-state index in [0.717, 1.165) is 0 Å². The zero-order valence-corrected chi connectivity index (χ0v) is 24.5. The molecule has 0 N–H and O–H groups in total. The first kappa shape index (κ1) is 25.4. The normalized spacial score (nSPS) is 19.7. The van der Waals surface area contributed by atoms with Gasteiger partial charge >= 0.3 is 0 Å². The number of benzene rings is 2. The summed E-state index contributed by atoms with van der Waals surface area (Å²) in [6.07, 6.45) is 15.5. The molecule has 0 bridgehead atoms. The van der Waals surface area contributed by atoms with Gasteiger partial charge in [0.2, 0.25) is 5.69 Å². The Morgan fingerprint density at radius 3 is 1.82 bits per heavy atom. The van der Waals surface area contributed by atoms with Crippen LogP contribution in [0, 0.1) is 0 Å². The smallest absolute Gasteiger partial charge is 0.268 e. The first-order chi connectivity index (χ1) is 18.7. The molecule has 0 saturated heterocycles. The molecule has 4 aromatic rings. The maximum Gasteiger partial charge on any atom is 0.268 e. The number of nitrogens with zero attached hydrogens (tertiary/aromatic N) is 3. The minimum atomic E-state index is -0.0283. The summed E-state index contributed by atoms with van der Waals surface area (Å²) in [5.41, 5.74) is 10.3. The van der Waals surface area contributed by atoms with Crippen LogP contribution in [-0.4, -0.2) is 14.1 Å². The van der Waals surface area contributed by atoms with Gasteiger partial charge in [-0.05, 0) is 41.0 Å². The van der Waals surface area contributed by atoms with Gasteiger partial charge in [-0.3, -0.25) is 0 Å². The topological polar surface area (TPSA) is 10.6 Å². The van der Waals surface area contributed by atoms with Crippen molar-refractivity contribution in [3.05, 3.63) is 130 Å². The highest BCUT2D eigenvalue weighted by molar-refractivity contribution is 7.14. The van der Waals surface area contributed by atoms with E-state index in [4.69, 9.17) is 0 Å². The largest absolute Gasteiger partial charge is 0.347 e. The fourth-order valence-corrected chi connectivity index (χ4v) is 7.16. The molecule has 0 aliphatic carbocycles. The minimum absolute atomic E-state index is 0.0223. The first-order valence-corrected chi connectivity index (χ1v) is 14.4. The molecule has 0 spiro atoms. The molecule has 2 aromatic carbocycles. The van der Waals surface area contributed by atoms with Crippen LogP contribution in [0.1, 0.15) is 50.1 Å². The van der Waals surface area contributed by atoms with Crippen LogP contribution in [0.2, 0.25) is 0 Å². The van der Waals surface area contributed by atoms with Gasteiger partial charge in [0.15, 0.2) is 6.20 Å². The summed E-state index contributed by atoms with van der Waals surface area (Å²) in [7, 11) is 4.33. The molecule has 2 aliphatic rings. The SMILES string of the molecule is CN1C(=CC=Cc2cc(C=CC=C3N(C)c4ccccc4C3(C)C)[n+]3ccsc3c2)C(C)(C)c2ccccc21. The highest BCUT2D eigenvalue weighted by Crippen LogP contribution is 2.47. The molecule has 0 amide bonds. The number of hydrogen-bond acceptors (Lipinski definition) is 3. The Balaban J connectivity index is 1.30. The predicted molar refractivity (Wildman–Crippen MR) is 167 cm³/mol. The van der Waals surface area contributed by atoms with Gasteiger partial charge in [-0.15, -0.1) is 0 Å². The van der Waals surface area contributed by atoms with Crippen LogP contribution < -0.4 is 14.2 Å². The van der Waals surface area contributed by atoms with E-state index in [1.807, 2.05) is 0 Å². The molecular weight excluding hydrogens is 494 g/mol. The van der Waals surface area contributed by atoms with E-state index in [1.165, 1.54) is 50.0 Å². The Hall–Kier alpha value is -3.89. The lowest BCUT2D eigenvalue weighted by molar-refractivity contribution is -0.509. The zero-order valence-electron chi connectivity index (χ0n) is 23.6. The van der Waals surface area contributed by atoms with E-state index in [9.17, 15) is 0 Å². The molecule has 4 heteroatoms. The number of anilines is 2. The van der Waals surface area contributed by atoms with E-state index in [-0.39, 0.29) is 10.8 Å². The molecule has 196 valence electrons. The lowest BCUT2D eigenvalue weighted by atomic mass is 9.84. The molecule has 2 aromatic heterocycles. The van der Waals surface area contributed by atoms with Gasteiger partial charge in [0, 0.05) is 65.9 Å². The number of thiazole rings is 1. The van der Waals surface area contributed by atoms with Crippen molar-refractivity contribution in [2.24, 2.45) is 0 Å². The number of pyridine rings is 1. The lowest BCUT2D eigenvalue weighted by Crippen LogP contribution is -2.23. The van der Waals surface area contributed by atoms with Crippen molar-refractivity contribution in [2.75, 3.05) is 23.9 Å². The zero-order chi connectivity index (χ0) is 27.4. The number of hydrogen-bond donors (Lipinski definition) is 0. The quantitative estimate of drug-likeness (QED) is 0.247. The molecular formula is C35H36N3S+. The summed E-state index contributed by atoms with van der Waals surface area (Å²) >= 11 is 1.76. The summed E-state index contributed by atoms with van der Waals surface area (Å²) in [5, 5.41) is 2.15.